The minimum atomic E-state index is 0.805. The summed E-state index contributed by atoms with van der Waals surface area (Å²) in [7, 11) is 0. The van der Waals surface area contributed by atoms with Gasteiger partial charge in [0.15, 0.2) is 0 Å². The van der Waals surface area contributed by atoms with Crippen molar-refractivity contribution < 1.29 is 0 Å². The van der Waals surface area contributed by atoms with Crippen LogP contribution in [0.15, 0.2) is 0 Å². The zero-order chi connectivity index (χ0) is 12.8. The molecule has 2 N–H and O–H groups in total. The molecule has 106 valence electrons. The van der Waals surface area contributed by atoms with E-state index < -0.39 is 0 Å². The van der Waals surface area contributed by atoms with E-state index in [1.54, 1.807) is 0 Å². The Labute approximate surface area is 113 Å². The molecule has 18 heavy (non-hydrogen) atoms. The summed E-state index contributed by atoms with van der Waals surface area (Å²) in [6.07, 6.45) is 12.9. The highest BCUT2D eigenvalue weighted by Crippen LogP contribution is 2.30. The highest BCUT2D eigenvalue weighted by molar-refractivity contribution is 4.81. The predicted octanol–water partition coefficient (Wildman–Crippen LogP) is 3.41. The molecular weight excluding hydrogens is 220 g/mol. The van der Waals surface area contributed by atoms with Gasteiger partial charge in [0.1, 0.15) is 0 Å². The third-order valence-corrected chi connectivity index (χ3v) is 5.25. The molecule has 0 radical (unpaired) electrons. The number of nitrogens with two attached hydrogens (primary N) is 1. The predicted molar refractivity (Wildman–Crippen MR) is 78.6 cm³/mol. The van der Waals surface area contributed by atoms with Crippen molar-refractivity contribution in [1.82, 2.24) is 4.90 Å². The summed E-state index contributed by atoms with van der Waals surface area (Å²) < 4.78 is 0. The minimum absolute atomic E-state index is 0.805. The van der Waals surface area contributed by atoms with Crippen molar-refractivity contribution in [2.75, 3.05) is 19.6 Å². The fourth-order valence-electron chi connectivity index (χ4n) is 3.97. The number of hydrogen-bond acceptors (Lipinski definition) is 2. The lowest BCUT2D eigenvalue weighted by atomic mass is 9.93. The van der Waals surface area contributed by atoms with Crippen molar-refractivity contribution in [2.45, 2.75) is 70.8 Å². The second-order valence-corrected chi connectivity index (χ2v) is 6.53. The lowest BCUT2D eigenvalue weighted by molar-refractivity contribution is 0.122. The molecule has 2 aliphatic rings. The van der Waals surface area contributed by atoms with Gasteiger partial charge < -0.3 is 10.6 Å². The van der Waals surface area contributed by atoms with E-state index in [1.165, 1.54) is 70.9 Å². The summed E-state index contributed by atoms with van der Waals surface area (Å²) in [5.41, 5.74) is 5.79. The Balaban J connectivity index is 1.76. The van der Waals surface area contributed by atoms with Gasteiger partial charge in [0, 0.05) is 6.04 Å². The maximum absolute atomic E-state index is 5.79. The average Bonchev–Trinajstić information content (AvgIpc) is 2.65. The van der Waals surface area contributed by atoms with Crippen molar-refractivity contribution >= 4 is 0 Å². The first-order chi connectivity index (χ1) is 8.83. The summed E-state index contributed by atoms with van der Waals surface area (Å²) in [4.78, 5) is 2.78. The molecule has 1 aliphatic heterocycles. The molecule has 2 unspecified atom stereocenters. The zero-order valence-electron chi connectivity index (χ0n) is 12.2. The first-order valence-electron chi connectivity index (χ1n) is 8.27. The topological polar surface area (TPSA) is 29.3 Å². The Morgan fingerprint density at radius 2 is 1.72 bits per heavy atom. The molecular formula is C16H32N2. The molecule has 1 aliphatic carbocycles. The maximum atomic E-state index is 5.79. The molecule has 0 spiro atoms. The van der Waals surface area contributed by atoms with Gasteiger partial charge in [-0.15, -0.1) is 0 Å². The standard InChI is InChI=1S/C16H32N2/c1-2-4-14-5-3-6-16(8-7-14)18-11-9-15(13-17)10-12-18/h14-16H,2-13,17H2,1H3. The van der Waals surface area contributed by atoms with Crippen LogP contribution in [0.3, 0.4) is 0 Å². The van der Waals surface area contributed by atoms with Gasteiger partial charge in [-0.25, -0.2) is 0 Å². The normalized spacial score (nSPS) is 32.3. The van der Waals surface area contributed by atoms with E-state index in [1.807, 2.05) is 0 Å². The number of nitrogens with zero attached hydrogens (tertiary/aromatic N) is 1. The molecule has 2 fully saturated rings. The average molecular weight is 252 g/mol. The van der Waals surface area contributed by atoms with E-state index >= 15 is 0 Å². The highest BCUT2D eigenvalue weighted by atomic mass is 15.2. The Hall–Kier alpha value is -0.0800. The maximum Gasteiger partial charge on any atom is 0.00953 e. The summed E-state index contributed by atoms with van der Waals surface area (Å²) >= 11 is 0. The van der Waals surface area contributed by atoms with E-state index in [0.29, 0.717) is 0 Å². The fraction of sp³-hybridized carbons (Fsp3) is 1.00. The van der Waals surface area contributed by atoms with Gasteiger partial charge in [0.2, 0.25) is 0 Å². The van der Waals surface area contributed by atoms with Crippen LogP contribution in [0.25, 0.3) is 0 Å². The van der Waals surface area contributed by atoms with Crippen LogP contribution in [-0.2, 0) is 0 Å². The summed E-state index contributed by atoms with van der Waals surface area (Å²) in [6, 6.07) is 0.894. The van der Waals surface area contributed by atoms with Crippen molar-refractivity contribution in [3.8, 4) is 0 Å². The van der Waals surface area contributed by atoms with Crippen molar-refractivity contribution in [1.29, 1.82) is 0 Å². The van der Waals surface area contributed by atoms with Crippen molar-refractivity contribution in [3.63, 3.8) is 0 Å². The van der Waals surface area contributed by atoms with Crippen LogP contribution < -0.4 is 5.73 Å². The van der Waals surface area contributed by atoms with Gasteiger partial charge in [-0.05, 0) is 63.6 Å². The molecule has 1 heterocycles. The second-order valence-electron chi connectivity index (χ2n) is 6.53. The van der Waals surface area contributed by atoms with Crippen molar-refractivity contribution in [3.05, 3.63) is 0 Å². The minimum Gasteiger partial charge on any atom is -0.330 e. The lowest BCUT2D eigenvalue weighted by Crippen LogP contribution is -2.42. The molecule has 0 aromatic heterocycles. The van der Waals surface area contributed by atoms with Gasteiger partial charge in [-0.3, -0.25) is 0 Å². The Bertz CT molecular complexity index is 221. The smallest absolute Gasteiger partial charge is 0.00953 e. The van der Waals surface area contributed by atoms with E-state index in [0.717, 1.165) is 24.4 Å². The van der Waals surface area contributed by atoms with Crippen LogP contribution in [-0.4, -0.2) is 30.6 Å². The van der Waals surface area contributed by atoms with Crippen LogP contribution in [0, 0.1) is 11.8 Å². The van der Waals surface area contributed by atoms with Crippen LogP contribution in [0.1, 0.15) is 64.7 Å². The summed E-state index contributed by atoms with van der Waals surface area (Å²) in [5.74, 6) is 1.83. The Morgan fingerprint density at radius 1 is 0.944 bits per heavy atom. The molecule has 2 nitrogen and oxygen atoms in total. The number of rotatable bonds is 4. The van der Waals surface area contributed by atoms with Crippen LogP contribution in [0.2, 0.25) is 0 Å². The molecule has 2 atom stereocenters. The number of hydrogen-bond donors (Lipinski definition) is 1. The van der Waals surface area contributed by atoms with E-state index in [4.69, 9.17) is 5.73 Å². The first kappa shape index (κ1) is 14.3. The molecule has 0 aromatic carbocycles. The summed E-state index contributed by atoms with van der Waals surface area (Å²) in [6.45, 7) is 5.85. The molecule has 1 saturated carbocycles. The molecule has 0 amide bonds. The van der Waals surface area contributed by atoms with Gasteiger partial charge in [0.25, 0.3) is 0 Å². The lowest BCUT2D eigenvalue weighted by Gasteiger charge is -2.37. The monoisotopic (exact) mass is 252 g/mol. The Kier molecular flexibility index (Phi) is 5.97. The highest BCUT2D eigenvalue weighted by Gasteiger charge is 2.26. The molecule has 2 rings (SSSR count). The molecule has 0 bridgehead atoms. The van der Waals surface area contributed by atoms with E-state index in [2.05, 4.69) is 11.8 Å². The van der Waals surface area contributed by atoms with E-state index in [-0.39, 0.29) is 0 Å². The number of piperidine rings is 1. The number of likely N-dealkylation sites (tertiary alicyclic amines) is 1. The van der Waals surface area contributed by atoms with Crippen molar-refractivity contribution in [2.24, 2.45) is 17.6 Å². The third-order valence-electron chi connectivity index (χ3n) is 5.25. The third kappa shape index (κ3) is 3.96. The van der Waals surface area contributed by atoms with Gasteiger partial charge >= 0.3 is 0 Å². The zero-order valence-corrected chi connectivity index (χ0v) is 12.2. The SMILES string of the molecule is CCCC1CCCC(N2CCC(CN)CC2)CC1. The van der Waals surface area contributed by atoms with E-state index in [9.17, 15) is 0 Å². The largest absolute Gasteiger partial charge is 0.330 e. The molecule has 2 heteroatoms. The Morgan fingerprint density at radius 3 is 2.39 bits per heavy atom. The fourth-order valence-corrected chi connectivity index (χ4v) is 3.97. The van der Waals surface area contributed by atoms with Gasteiger partial charge in [-0.2, -0.15) is 0 Å². The molecule has 0 aromatic rings. The van der Waals surface area contributed by atoms with Gasteiger partial charge in [0.05, 0.1) is 0 Å². The summed E-state index contributed by atoms with van der Waals surface area (Å²) in [5, 5.41) is 0. The first-order valence-corrected chi connectivity index (χ1v) is 8.27. The molecule has 1 saturated heterocycles. The second kappa shape index (κ2) is 7.49. The van der Waals surface area contributed by atoms with Crippen LogP contribution >= 0.6 is 0 Å². The van der Waals surface area contributed by atoms with Gasteiger partial charge in [-0.1, -0.05) is 32.6 Å². The van der Waals surface area contributed by atoms with Crippen LogP contribution in [0.5, 0.6) is 0 Å². The quantitative estimate of drug-likeness (QED) is 0.777. The van der Waals surface area contributed by atoms with Crippen LogP contribution in [0.4, 0.5) is 0 Å².